The van der Waals surface area contributed by atoms with E-state index in [0.29, 0.717) is 37.5 Å². The van der Waals surface area contributed by atoms with Gasteiger partial charge in [-0.3, -0.25) is 9.29 Å². The van der Waals surface area contributed by atoms with E-state index < -0.39 is 43.1 Å². The van der Waals surface area contributed by atoms with Crippen molar-refractivity contribution >= 4 is 16.6 Å². The first-order valence-corrected chi connectivity index (χ1v) is 14.1. The summed E-state index contributed by atoms with van der Waals surface area (Å²) in [5.74, 6) is -1.36. The van der Waals surface area contributed by atoms with Crippen LogP contribution in [-0.2, 0) is 12.8 Å². The van der Waals surface area contributed by atoms with E-state index in [1.807, 2.05) is 6.07 Å². The highest BCUT2D eigenvalue weighted by Gasteiger charge is 2.44. The maximum absolute atomic E-state index is 15.8. The number of aromatic amines is 1. The van der Waals surface area contributed by atoms with Crippen molar-refractivity contribution in [3.05, 3.63) is 63.8 Å². The number of nitrogens with one attached hydrogen (secondary N) is 2. The summed E-state index contributed by atoms with van der Waals surface area (Å²) < 4.78 is 85.5. The fraction of sp³-hybridized carbons (Fsp3) is 0.533. The van der Waals surface area contributed by atoms with E-state index in [1.54, 1.807) is 6.92 Å². The lowest BCUT2D eigenvalue weighted by molar-refractivity contribution is -0.155. The van der Waals surface area contributed by atoms with E-state index in [0.717, 1.165) is 40.8 Å². The number of H-pyrrole nitrogens is 1. The Bertz CT molecular complexity index is 1390. The average molecular weight is 565 g/mol. The molecule has 1 saturated heterocycles. The smallest absolute Gasteiger partial charge is 0.381 e. The Balaban J connectivity index is 1.37. The molecule has 1 fully saturated rings. The van der Waals surface area contributed by atoms with Crippen LogP contribution in [0.25, 0.3) is 10.9 Å². The van der Waals surface area contributed by atoms with Crippen LogP contribution in [0.5, 0.6) is 0 Å². The van der Waals surface area contributed by atoms with Crippen LogP contribution in [0.3, 0.4) is 0 Å². The number of hydrogen-bond donors (Lipinski definition) is 2. The molecule has 10 heteroatoms. The van der Waals surface area contributed by atoms with Crippen LogP contribution in [0.4, 0.5) is 32.0 Å². The summed E-state index contributed by atoms with van der Waals surface area (Å²) in [4.78, 5) is 6.55. The van der Waals surface area contributed by atoms with Crippen molar-refractivity contribution in [2.75, 3.05) is 38.2 Å². The normalized spacial score (nSPS) is 25.2. The first kappa shape index (κ1) is 27.4. The number of benzene rings is 2. The predicted octanol–water partition coefficient (Wildman–Crippen LogP) is 6.85. The first-order chi connectivity index (χ1) is 19.0. The number of rotatable bonds is 7. The van der Waals surface area contributed by atoms with Crippen molar-refractivity contribution in [1.82, 2.24) is 14.8 Å². The molecule has 0 radical (unpaired) electrons. The van der Waals surface area contributed by atoms with E-state index in [9.17, 15) is 17.6 Å². The van der Waals surface area contributed by atoms with Gasteiger partial charge in [0, 0.05) is 59.6 Å². The number of hydrogen-bond acceptors (Lipinski definition) is 3. The van der Waals surface area contributed by atoms with Gasteiger partial charge in [0.25, 0.3) is 0 Å². The van der Waals surface area contributed by atoms with Gasteiger partial charge in [0.2, 0.25) is 0 Å². The molecule has 3 aliphatic rings. The lowest BCUT2D eigenvalue weighted by Gasteiger charge is -2.41. The molecule has 1 aliphatic carbocycles. The molecule has 2 aromatic carbocycles. The first-order valence-electron chi connectivity index (χ1n) is 14.1. The van der Waals surface area contributed by atoms with Gasteiger partial charge in [-0.05, 0) is 79.5 Å². The van der Waals surface area contributed by atoms with Crippen molar-refractivity contribution in [2.24, 2.45) is 0 Å². The third-order valence-corrected chi connectivity index (χ3v) is 8.89. The Morgan fingerprint density at radius 2 is 1.80 bits per heavy atom. The summed E-state index contributed by atoms with van der Waals surface area (Å²) in [6.45, 7) is 4.16. The van der Waals surface area contributed by atoms with Gasteiger partial charge in [-0.25, -0.2) is 8.78 Å². The number of aromatic nitrogens is 1. The molecule has 0 saturated carbocycles. The molecule has 1 aromatic heterocycles. The van der Waals surface area contributed by atoms with Gasteiger partial charge in [-0.1, -0.05) is 6.92 Å². The summed E-state index contributed by atoms with van der Waals surface area (Å²) in [5, 5.41) is 4.08. The summed E-state index contributed by atoms with van der Waals surface area (Å²) in [7, 11) is 0. The summed E-state index contributed by atoms with van der Waals surface area (Å²) in [6.07, 6.45) is -2.07. The highest BCUT2D eigenvalue weighted by molar-refractivity contribution is 5.88. The Morgan fingerprint density at radius 1 is 1.05 bits per heavy atom. The molecule has 0 bridgehead atoms. The Kier molecular flexibility index (Phi) is 7.05. The summed E-state index contributed by atoms with van der Waals surface area (Å²) in [6, 6.07) is 4.58. The molecule has 0 spiro atoms. The van der Waals surface area contributed by atoms with Gasteiger partial charge in [-0.15, -0.1) is 0 Å². The van der Waals surface area contributed by atoms with E-state index in [2.05, 4.69) is 28.2 Å². The second kappa shape index (κ2) is 10.3. The minimum atomic E-state index is -4.54. The largest absolute Gasteiger partial charge is 0.401 e. The molecule has 216 valence electrons. The van der Waals surface area contributed by atoms with Crippen molar-refractivity contribution in [3.63, 3.8) is 0 Å². The fourth-order valence-electron chi connectivity index (χ4n) is 6.98. The second-order valence-electron chi connectivity index (χ2n) is 11.8. The van der Waals surface area contributed by atoms with Gasteiger partial charge >= 0.3 is 6.18 Å². The molecule has 4 atom stereocenters. The van der Waals surface area contributed by atoms with Crippen molar-refractivity contribution in [1.29, 1.82) is 0 Å². The zero-order valence-electron chi connectivity index (χ0n) is 22.6. The third kappa shape index (κ3) is 4.98. The Morgan fingerprint density at radius 3 is 2.48 bits per heavy atom. The third-order valence-electron chi connectivity index (χ3n) is 8.89. The number of anilines is 1. The topological polar surface area (TPSA) is 34.3 Å². The fourth-order valence-corrected chi connectivity index (χ4v) is 6.98. The lowest BCUT2D eigenvalue weighted by Crippen LogP contribution is -2.47. The van der Waals surface area contributed by atoms with Crippen LogP contribution < -0.4 is 5.32 Å². The molecule has 3 unspecified atom stereocenters. The molecule has 3 aromatic rings. The minimum absolute atomic E-state index is 0.0544. The predicted molar refractivity (Wildman–Crippen MR) is 144 cm³/mol. The number of alkyl halides is 4. The summed E-state index contributed by atoms with van der Waals surface area (Å²) >= 11 is 0. The quantitative estimate of drug-likeness (QED) is 0.308. The zero-order chi connectivity index (χ0) is 28.3. The standard InChI is InChI=1S/C30H34F6N4/c1-16-8-18-10-22-23-9-17(2)40(15-30(34,35)36)29(28(23)38-26(22)13-21(16)18)27-24(32)11-20(12-25(27)33)37-19-4-7-39(14-19)6-3-5-31/h10-13,16-17,19,29,37-38H,3-9,14-15H2,1-2H3/t16?,17?,19-,29?/m0/s1. The van der Waals surface area contributed by atoms with Gasteiger partial charge in [-0.2, -0.15) is 13.2 Å². The average Bonchev–Trinajstić information content (AvgIpc) is 3.46. The Hall–Kier alpha value is -2.72. The van der Waals surface area contributed by atoms with E-state index >= 15 is 8.78 Å². The molecule has 2 aliphatic heterocycles. The number of nitrogens with zero attached hydrogens (tertiary/aromatic N) is 2. The highest BCUT2D eigenvalue weighted by Crippen LogP contribution is 2.46. The van der Waals surface area contributed by atoms with E-state index in [-0.39, 0.29) is 17.3 Å². The van der Waals surface area contributed by atoms with Gasteiger partial charge in [0.15, 0.2) is 0 Å². The van der Waals surface area contributed by atoms with Crippen LogP contribution in [0.2, 0.25) is 0 Å². The van der Waals surface area contributed by atoms with Crippen molar-refractivity contribution < 1.29 is 26.3 Å². The second-order valence-corrected chi connectivity index (χ2v) is 11.8. The maximum atomic E-state index is 15.8. The van der Waals surface area contributed by atoms with Crippen LogP contribution >= 0.6 is 0 Å². The molecular weight excluding hydrogens is 530 g/mol. The number of likely N-dealkylation sites (tertiary alicyclic amines) is 1. The molecule has 40 heavy (non-hydrogen) atoms. The number of fused-ring (bicyclic) bond motifs is 4. The van der Waals surface area contributed by atoms with Gasteiger partial charge in [0.05, 0.1) is 19.3 Å². The molecule has 2 N–H and O–H groups in total. The maximum Gasteiger partial charge on any atom is 0.401 e. The van der Waals surface area contributed by atoms with Crippen molar-refractivity contribution in [3.8, 4) is 0 Å². The van der Waals surface area contributed by atoms with E-state index in [1.165, 1.54) is 23.3 Å². The molecule has 3 heterocycles. The van der Waals surface area contributed by atoms with Crippen LogP contribution in [-0.4, -0.2) is 65.9 Å². The van der Waals surface area contributed by atoms with Gasteiger partial charge < -0.3 is 15.2 Å². The zero-order valence-corrected chi connectivity index (χ0v) is 22.6. The molecular formula is C30H34F6N4. The minimum Gasteiger partial charge on any atom is -0.381 e. The van der Waals surface area contributed by atoms with Gasteiger partial charge in [0.1, 0.15) is 11.6 Å². The van der Waals surface area contributed by atoms with E-state index in [4.69, 9.17) is 0 Å². The monoisotopic (exact) mass is 564 g/mol. The SMILES string of the molecule is CC1Cc2cc3c4c([nH]c3cc21)C(c1c(F)cc(N[C@H]2CCN(CCCF)C2)cc1F)N(CC(F)(F)F)C(C)C4. The van der Waals surface area contributed by atoms with Crippen LogP contribution in [0.15, 0.2) is 24.3 Å². The molecule has 0 amide bonds. The Labute approximate surface area is 229 Å². The number of halogens is 6. The van der Waals surface area contributed by atoms with Crippen molar-refractivity contribution in [2.45, 2.75) is 69.8 Å². The molecule has 4 nitrogen and oxygen atoms in total. The van der Waals surface area contributed by atoms with Crippen LogP contribution in [0, 0.1) is 11.6 Å². The highest BCUT2D eigenvalue weighted by atomic mass is 19.4. The summed E-state index contributed by atoms with van der Waals surface area (Å²) in [5.41, 5.74) is 4.32. The lowest BCUT2D eigenvalue weighted by atomic mass is 9.77. The molecule has 6 rings (SSSR count). The van der Waals surface area contributed by atoms with Crippen LogP contribution in [0.1, 0.15) is 66.6 Å².